The van der Waals surface area contributed by atoms with Crippen LogP contribution < -0.4 is 14.4 Å². The quantitative estimate of drug-likeness (QED) is 0.466. The predicted octanol–water partition coefficient (Wildman–Crippen LogP) is 4.21. The maximum atomic E-state index is 13.1. The van der Waals surface area contributed by atoms with E-state index in [1.807, 2.05) is 23.5 Å². The van der Waals surface area contributed by atoms with Gasteiger partial charge in [-0.3, -0.25) is 9.78 Å². The minimum atomic E-state index is -4.56. The van der Waals surface area contributed by atoms with Crippen LogP contribution in [0.3, 0.4) is 0 Å². The number of rotatable bonds is 7. The molecule has 4 rings (SSSR count). The molecule has 38 heavy (non-hydrogen) atoms. The smallest absolute Gasteiger partial charge is 0.433 e. The molecule has 1 fully saturated rings. The molecule has 0 saturated carbocycles. The van der Waals surface area contributed by atoms with Crippen molar-refractivity contribution in [3.8, 4) is 5.88 Å². The number of nitrogens with one attached hydrogen (secondary N) is 1. The highest BCUT2D eigenvalue weighted by Gasteiger charge is 2.39. The number of pyridine rings is 3. The summed E-state index contributed by atoms with van der Waals surface area (Å²) in [7, 11) is -4.39. The van der Waals surface area contributed by atoms with Crippen molar-refractivity contribution in [1.29, 1.82) is 0 Å². The molecule has 0 aliphatic carbocycles. The summed E-state index contributed by atoms with van der Waals surface area (Å²) in [5.41, 5.74) is -0.870. The Morgan fingerprint density at radius 3 is 2.55 bits per heavy atom. The molecule has 1 saturated heterocycles. The van der Waals surface area contributed by atoms with Gasteiger partial charge in [-0.25, -0.2) is 9.71 Å². The van der Waals surface area contributed by atoms with E-state index >= 15 is 0 Å². The Morgan fingerprint density at radius 2 is 1.92 bits per heavy atom. The Labute approximate surface area is 218 Å². The standard InChI is InChI=1S/C25H26F3N5O4S/c1-16-12-24(2,3)33(14-16)22-18(6-5-11-29-22)23(34)32-38(35,36)21-8-4-7-20(31-21)37-15-17-9-10-19(30-13-17)25(26,27)28/h4-11,13,16H,12,14-15H2,1-3H3,(H,32,34). The minimum Gasteiger partial charge on any atom is -0.473 e. The number of halogens is 3. The van der Waals surface area contributed by atoms with Crippen LogP contribution in [0.15, 0.2) is 59.9 Å². The number of amides is 1. The zero-order valence-electron chi connectivity index (χ0n) is 20.9. The van der Waals surface area contributed by atoms with Gasteiger partial charge in [-0.15, -0.1) is 0 Å². The van der Waals surface area contributed by atoms with E-state index in [0.29, 0.717) is 23.8 Å². The Bertz CT molecular complexity index is 1430. The van der Waals surface area contributed by atoms with E-state index in [2.05, 4.69) is 21.9 Å². The average Bonchev–Trinajstić information content (AvgIpc) is 3.14. The van der Waals surface area contributed by atoms with Gasteiger partial charge in [0.15, 0.2) is 5.03 Å². The van der Waals surface area contributed by atoms with E-state index in [1.165, 1.54) is 30.3 Å². The number of alkyl halides is 3. The maximum absolute atomic E-state index is 13.1. The number of nitrogens with zero attached hydrogens (tertiary/aromatic N) is 4. The van der Waals surface area contributed by atoms with Gasteiger partial charge in [0.25, 0.3) is 15.9 Å². The van der Waals surface area contributed by atoms with E-state index < -0.39 is 32.8 Å². The van der Waals surface area contributed by atoms with E-state index in [4.69, 9.17) is 4.74 Å². The zero-order chi connectivity index (χ0) is 27.7. The number of hydrogen-bond acceptors (Lipinski definition) is 8. The molecule has 1 aliphatic heterocycles. The molecule has 1 unspecified atom stereocenters. The Balaban J connectivity index is 1.48. The molecule has 1 N–H and O–H groups in total. The highest BCUT2D eigenvalue weighted by atomic mass is 32.2. The number of sulfonamides is 1. The van der Waals surface area contributed by atoms with E-state index in [0.717, 1.165) is 18.7 Å². The van der Waals surface area contributed by atoms with E-state index in [1.54, 1.807) is 12.3 Å². The molecule has 0 radical (unpaired) electrons. The van der Waals surface area contributed by atoms with Gasteiger partial charge < -0.3 is 9.64 Å². The number of anilines is 1. The molecule has 0 spiro atoms. The number of hydrogen-bond donors (Lipinski definition) is 1. The fourth-order valence-electron chi connectivity index (χ4n) is 4.44. The van der Waals surface area contributed by atoms with Crippen molar-refractivity contribution in [3.63, 3.8) is 0 Å². The normalized spacial score (nSPS) is 17.3. The van der Waals surface area contributed by atoms with Gasteiger partial charge in [0.2, 0.25) is 5.88 Å². The number of ether oxygens (including phenoxy) is 1. The van der Waals surface area contributed by atoms with Crippen LogP contribution in [0.4, 0.5) is 19.0 Å². The van der Waals surface area contributed by atoms with Crippen LogP contribution in [-0.4, -0.2) is 41.4 Å². The third-order valence-corrected chi connectivity index (χ3v) is 7.29. The van der Waals surface area contributed by atoms with Crippen molar-refractivity contribution >= 4 is 21.7 Å². The molecule has 1 amide bonds. The van der Waals surface area contributed by atoms with Crippen LogP contribution in [0.25, 0.3) is 0 Å². The largest absolute Gasteiger partial charge is 0.473 e. The SMILES string of the molecule is CC1CN(c2ncccc2C(=O)NS(=O)(=O)c2cccc(OCc3ccc(C(F)(F)F)nc3)n2)C(C)(C)C1. The Morgan fingerprint density at radius 1 is 1.16 bits per heavy atom. The second kappa shape index (κ2) is 10.2. The summed E-state index contributed by atoms with van der Waals surface area (Å²) in [6, 6.07) is 9.03. The first kappa shape index (κ1) is 27.3. The topological polar surface area (TPSA) is 114 Å². The van der Waals surface area contributed by atoms with Gasteiger partial charge in [-0.05, 0) is 50.5 Å². The molecule has 0 aromatic carbocycles. The van der Waals surface area contributed by atoms with Crippen molar-refractivity contribution in [2.75, 3.05) is 11.4 Å². The first-order valence-electron chi connectivity index (χ1n) is 11.7. The molecular weight excluding hydrogens is 523 g/mol. The lowest BCUT2D eigenvalue weighted by Crippen LogP contribution is -2.41. The van der Waals surface area contributed by atoms with Gasteiger partial charge in [0.05, 0.1) is 5.56 Å². The highest BCUT2D eigenvalue weighted by Crippen LogP contribution is 2.37. The van der Waals surface area contributed by atoms with Gasteiger partial charge in [-0.2, -0.15) is 26.6 Å². The average molecular weight is 550 g/mol. The molecule has 9 nitrogen and oxygen atoms in total. The van der Waals surface area contributed by atoms with Gasteiger partial charge in [-0.1, -0.05) is 19.1 Å². The van der Waals surface area contributed by atoms with Crippen LogP contribution in [0.2, 0.25) is 0 Å². The number of carbonyl (C=O) groups is 1. The molecule has 3 aromatic rings. The lowest BCUT2D eigenvalue weighted by Gasteiger charge is -2.33. The summed E-state index contributed by atoms with van der Waals surface area (Å²) in [6.07, 6.45) is -1.11. The second-order valence-corrected chi connectivity index (χ2v) is 11.3. The molecule has 202 valence electrons. The highest BCUT2D eigenvalue weighted by molar-refractivity contribution is 7.90. The van der Waals surface area contributed by atoms with Crippen molar-refractivity contribution in [1.82, 2.24) is 19.7 Å². The lowest BCUT2D eigenvalue weighted by molar-refractivity contribution is -0.141. The fourth-order valence-corrected chi connectivity index (χ4v) is 5.37. The minimum absolute atomic E-state index is 0.102. The molecule has 1 aliphatic rings. The summed E-state index contributed by atoms with van der Waals surface area (Å²) in [5.74, 6) is -0.191. The summed E-state index contributed by atoms with van der Waals surface area (Å²) in [4.78, 5) is 26.8. The monoisotopic (exact) mass is 549 g/mol. The van der Waals surface area contributed by atoms with Gasteiger partial charge in [0.1, 0.15) is 18.1 Å². The summed E-state index contributed by atoms with van der Waals surface area (Å²) in [5, 5.41) is -0.463. The summed E-state index contributed by atoms with van der Waals surface area (Å²) in [6.45, 7) is 6.66. The zero-order valence-corrected chi connectivity index (χ0v) is 21.7. The maximum Gasteiger partial charge on any atom is 0.433 e. The number of carbonyl (C=O) groups excluding carboxylic acids is 1. The molecule has 3 aromatic heterocycles. The van der Waals surface area contributed by atoms with Crippen molar-refractivity contribution in [2.24, 2.45) is 5.92 Å². The van der Waals surface area contributed by atoms with Crippen molar-refractivity contribution < 1.29 is 31.1 Å². The molecule has 1 atom stereocenters. The van der Waals surface area contributed by atoms with Crippen LogP contribution in [0, 0.1) is 5.92 Å². The van der Waals surface area contributed by atoms with E-state index in [-0.39, 0.29) is 23.6 Å². The van der Waals surface area contributed by atoms with Crippen LogP contribution in [-0.2, 0) is 22.8 Å². The van der Waals surface area contributed by atoms with Gasteiger partial charge >= 0.3 is 6.18 Å². The van der Waals surface area contributed by atoms with Crippen LogP contribution in [0.5, 0.6) is 5.88 Å². The Kier molecular flexibility index (Phi) is 7.33. The number of aromatic nitrogens is 3. The lowest BCUT2D eigenvalue weighted by atomic mass is 9.97. The van der Waals surface area contributed by atoms with Gasteiger partial charge in [0, 0.05) is 36.1 Å². The third-order valence-electron chi connectivity index (χ3n) is 6.06. The Hall–Kier alpha value is -3.74. The van der Waals surface area contributed by atoms with Crippen LogP contribution >= 0.6 is 0 Å². The second-order valence-electron chi connectivity index (χ2n) is 9.69. The third kappa shape index (κ3) is 6.04. The van der Waals surface area contributed by atoms with Crippen molar-refractivity contribution in [3.05, 3.63) is 71.7 Å². The molecule has 4 heterocycles. The van der Waals surface area contributed by atoms with Crippen molar-refractivity contribution in [2.45, 2.75) is 50.5 Å². The molecule has 13 heteroatoms. The fraction of sp³-hybridized carbons (Fsp3) is 0.360. The van der Waals surface area contributed by atoms with E-state index in [9.17, 15) is 26.4 Å². The first-order valence-corrected chi connectivity index (χ1v) is 13.2. The summed E-state index contributed by atoms with van der Waals surface area (Å²) >= 11 is 0. The predicted molar refractivity (Wildman–Crippen MR) is 132 cm³/mol. The summed E-state index contributed by atoms with van der Waals surface area (Å²) < 4.78 is 71.5. The van der Waals surface area contributed by atoms with Crippen LogP contribution in [0.1, 0.15) is 48.8 Å². The first-order chi connectivity index (χ1) is 17.8. The molecule has 0 bridgehead atoms. The molecular formula is C25H26F3N5O4S.